The highest BCUT2D eigenvalue weighted by molar-refractivity contribution is 6.07. The second-order valence-electron chi connectivity index (χ2n) is 5.21. The minimum atomic E-state index is -0.702. The van der Waals surface area contributed by atoms with Crippen LogP contribution in [0.25, 0.3) is 0 Å². The molecule has 0 spiro atoms. The molecule has 18 heavy (non-hydrogen) atoms. The zero-order valence-electron chi connectivity index (χ0n) is 11.3. The van der Waals surface area contributed by atoms with Gasteiger partial charge in [-0.2, -0.15) is 0 Å². The van der Waals surface area contributed by atoms with Crippen LogP contribution in [-0.4, -0.2) is 29.7 Å². The highest BCUT2D eigenvalue weighted by Crippen LogP contribution is 2.40. The van der Waals surface area contributed by atoms with E-state index in [0.29, 0.717) is 22.4 Å². The summed E-state index contributed by atoms with van der Waals surface area (Å²) in [6.07, 6.45) is -0.669. The van der Waals surface area contributed by atoms with Crippen molar-refractivity contribution < 1.29 is 19.4 Å². The number of ketones is 1. The first-order chi connectivity index (χ1) is 8.29. The van der Waals surface area contributed by atoms with E-state index in [9.17, 15) is 9.90 Å². The van der Waals surface area contributed by atoms with Crippen LogP contribution in [0.15, 0.2) is 6.07 Å². The Morgan fingerprint density at radius 2 is 2.00 bits per heavy atom. The van der Waals surface area contributed by atoms with Gasteiger partial charge in [0, 0.05) is 12.7 Å². The Kier molecular flexibility index (Phi) is 2.86. The molecule has 0 fully saturated rings. The Bertz CT molecular complexity index is 517. The molecule has 98 valence electrons. The minimum absolute atomic E-state index is 0.135. The molecular formula is C14H18O4. The molecule has 1 atom stereocenters. The number of phenolic OH excluding ortho intramolecular Hbond substituents is 1. The maximum absolute atomic E-state index is 12.4. The number of fused-ring (bicyclic) bond motifs is 1. The van der Waals surface area contributed by atoms with Crippen LogP contribution >= 0.6 is 0 Å². The molecule has 1 aliphatic heterocycles. The first-order valence-corrected chi connectivity index (χ1v) is 5.88. The molecule has 1 N–H and O–H groups in total. The first kappa shape index (κ1) is 12.9. The Hall–Kier alpha value is -1.55. The van der Waals surface area contributed by atoms with Gasteiger partial charge in [0.1, 0.15) is 17.1 Å². The number of rotatable bonds is 2. The predicted molar refractivity (Wildman–Crippen MR) is 67.4 cm³/mol. The van der Waals surface area contributed by atoms with Gasteiger partial charge in [-0.05, 0) is 39.3 Å². The zero-order valence-corrected chi connectivity index (χ0v) is 11.3. The number of carbonyl (C=O) groups excluding carboxylic acids is 1. The quantitative estimate of drug-likeness (QED) is 0.875. The third kappa shape index (κ3) is 1.68. The van der Waals surface area contributed by atoms with E-state index in [-0.39, 0.29) is 11.5 Å². The van der Waals surface area contributed by atoms with Gasteiger partial charge in [0.15, 0.2) is 6.10 Å². The predicted octanol–water partition coefficient (Wildman–Crippen LogP) is 2.38. The molecule has 0 aromatic heterocycles. The number of hydrogen-bond donors (Lipinski definition) is 1. The Labute approximate surface area is 107 Å². The molecule has 0 aliphatic carbocycles. The van der Waals surface area contributed by atoms with Gasteiger partial charge in [0.25, 0.3) is 0 Å². The fourth-order valence-electron chi connectivity index (χ4n) is 2.21. The van der Waals surface area contributed by atoms with Gasteiger partial charge in [0.2, 0.25) is 5.78 Å². The fourth-order valence-corrected chi connectivity index (χ4v) is 2.21. The molecule has 0 radical (unpaired) electrons. The summed E-state index contributed by atoms with van der Waals surface area (Å²) in [5.41, 5.74) is 1.04. The van der Waals surface area contributed by atoms with E-state index in [4.69, 9.17) is 9.47 Å². The summed E-state index contributed by atoms with van der Waals surface area (Å²) in [4.78, 5) is 12.4. The van der Waals surface area contributed by atoms with Gasteiger partial charge in [0.05, 0.1) is 5.56 Å². The van der Waals surface area contributed by atoms with Gasteiger partial charge >= 0.3 is 0 Å². The number of Topliss-reactive ketones (excluding diaryl/α,β-unsaturated/α-hetero) is 1. The lowest BCUT2D eigenvalue weighted by Crippen LogP contribution is -2.44. The summed E-state index contributed by atoms with van der Waals surface area (Å²) in [6.45, 7) is 7.13. The lowest BCUT2D eigenvalue weighted by atomic mass is 9.93. The van der Waals surface area contributed by atoms with Crippen molar-refractivity contribution in [1.82, 2.24) is 0 Å². The third-order valence-electron chi connectivity index (χ3n) is 3.58. The van der Waals surface area contributed by atoms with Gasteiger partial charge in [-0.15, -0.1) is 0 Å². The number of aromatic hydroxyl groups is 1. The maximum atomic E-state index is 12.4. The van der Waals surface area contributed by atoms with Gasteiger partial charge in [-0.3, -0.25) is 4.79 Å². The van der Waals surface area contributed by atoms with E-state index >= 15 is 0 Å². The Balaban J connectivity index is 2.53. The van der Waals surface area contributed by atoms with Crippen LogP contribution in [0.5, 0.6) is 11.5 Å². The topological polar surface area (TPSA) is 55.8 Å². The highest BCUT2D eigenvalue weighted by Gasteiger charge is 2.45. The number of ether oxygens (including phenoxy) is 2. The number of phenols is 1. The lowest BCUT2D eigenvalue weighted by molar-refractivity contribution is -0.0463. The molecule has 1 aliphatic rings. The van der Waals surface area contributed by atoms with Crippen LogP contribution in [0.2, 0.25) is 0 Å². The monoisotopic (exact) mass is 250 g/mol. The molecule has 1 aromatic rings. The van der Waals surface area contributed by atoms with Crippen molar-refractivity contribution >= 4 is 5.78 Å². The summed E-state index contributed by atoms with van der Waals surface area (Å²) >= 11 is 0. The average Bonchev–Trinajstić information content (AvgIpc) is 2.64. The van der Waals surface area contributed by atoms with Crippen molar-refractivity contribution in [1.29, 1.82) is 0 Å². The van der Waals surface area contributed by atoms with Crippen molar-refractivity contribution in [3.63, 3.8) is 0 Å². The van der Waals surface area contributed by atoms with E-state index in [2.05, 4.69) is 0 Å². The fraction of sp³-hybridized carbons (Fsp3) is 0.500. The number of aryl methyl sites for hydroxylation is 1. The number of carbonyl (C=O) groups is 1. The Morgan fingerprint density at radius 1 is 1.39 bits per heavy atom. The molecule has 2 rings (SSSR count). The summed E-state index contributed by atoms with van der Waals surface area (Å²) in [6, 6.07) is 1.70. The lowest BCUT2D eigenvalue weighted by Gasteiger charge is -2.27. The van der Waals surface area contributed by atoms with Crippen molar-refractivity contribution in [3.05, 3.63) is 22.8 Å². The van der Waals surface area contributed by atoms with Crippen LogP contribution in [0.1, 0.15) is 35.3 Å². The Morgan fingerprint density at radius 3 is 2.56 bits per heavy atom. The van der Waals surface area contributed by atoms with Crippen LogP contribution in [0.3, 0.4) is 0 Å². The molecule has 4 nitrogen and oxygen atoms in total. The standard InChI is InChI=1S/C14H18O4/c1-7-6-9-10(8(2)11(7)15)12(16)13(18-9)14(3,4)17-5/h6,13,15H,1-5H3. The minimum Gasteiger partial charge on any atom is -0.507 e. The molecule has 4 heteroatoms. The highest BCUT2D eigenvalue weighted by atomic mass is 16.6. The van der Waals surface area contributed by atoms with Crippen molar-refractivity contribution in [2.45, 2.75) is 39.4 Å². The zero-order chi connectivity index (χ0) is 13.7. The van der Waals surface area contributed by atoms with Gasteiger partial charge < -0.3 is 14.6 Å². The van der Waals surface area contributed by atoms with E-state index in [1.165, 1.54) is 0 Å². The van der Waals surface area contributed by atoms with Gasteiger partial charge in [-0.25, -0.2) is 0 Å². The van der Waals surface area contributed by atoms with E-state index < -0.39 is 11.7 Å². The van der Waals surface area contributed by atoms with E-state index in [1.54, 1.807) is 27.0 Å². The SMILES string of the molecule is COC(C)(C)C1Oc2cc(C)c(O)c(C)c2C1=O. The van der Waals surface area contributed by atoms with E-state index in [1.807, 2.05) is 13.8 Å². The van der Waals surface area contributed by atoms with E-state index in [0.717, 1.165) is 0 Å². The summed E-state index contributed by atoms with van der Waals surface area (Å²) in [5, 5.41) is 9.90. The smallest absolute Gasteiger partial charge is 0.210 e. The average molecular weight is 250 g/mol. The number of methoxy groups -OCH3 is 1. The normalized spacial score (nSPS) is 18.7. The molecule has 0 saturated heterocycles. The van der Waals surface area contributed by atoms with Gasteiger partial charge in [-0.1, -0.05) is 0 Å². The van der Waals surface area contributed by atoms with Crippen molar-refractivity contribution in [2.24, 2.45) is 0 Å². The summed E-state index contributed by atoms with van der Waals surface area (Å²) < 4.78 is 11.0. The van der Waals surface area contributed by atoms with Crippen molar-refractivity contribution in [2.75, 3.05) is 7.11 Å². The molecule has 0 amide bonds. The molecule has 1 unspecified atom stereocenters. The van der Waals surface area contributed by atoms with Crippen LogP contribution < -0.4 is 4.74 Å². The molecule has 1 heterocycles. The van der Waals surface area contributed by atoms with Crippen LogP contribution in [-0.2, 0) is 4.74 Å². The first-order valence-electron chi connectivity index (χ1n) is 5.88. The van der Waals surface area contributed by atoms with Crippen LogP contribution in [0, 0.1) is 13.8 Å². The second-order valence-corrected chi connectivity index (χ2v) is 5.21. The number of benzene rings is 1. The number of hydrogen-bond acceptors (Lipinski definition) is 4. The third-order valence-corrected chi connectivity index (χ3v) is 3.58. The van der Waals surface area contributed by atoms with Crippen molar-refractivity contribution in [3.8, 4) is 11.5 Å². The summed E-state index contributed by atoms with van der Waals surface area (Å²) in [7, 11) is 1.55. The largest absolute Gasteiger partial charge is 0.507 e. The maximum Gasteiger partial charge on any atom is 0.210 e. The molecule has 1 aromatic carbocycles. The molecule has 0 saturated carbocycles. The molecular weight excluding hydrogens is 232 g/mol. The van der Waals surface area contributed by atoms with Crippen LogP contribution in [0.4, 0.5) is 0 Å². The second kappa shape index (κ2) is 3.99. The molecule has 0 bridgehead atoms. The summed E-state index contributed by atoms with van der Waals surface area (Å²) in [5.74, 6) is 0.550.